The van der Waals surface area contributed by atoms with Crippen LogP contribution in [0.3, 0.4) is 0 Å². The maximum absolute atomic E-state index is 11.9. The van der Waals surface area contributed by atoms with Crippen molar-refractivity contribution in [2.45, 2.75) is 19.3 Å². The van der Waals surface area contributed by atoms with Crippen molar-refractivity contribution >= 4 is 21.8 Å². The van der Waals surface area contributed by atoms with Crippen molar-refractivity contribution in [1.29, 1.82) is 0 Å². The molecule has 0 saturated heterocycles. The van der Waals surface area contributed by atoms with E-state index in [0.717, 1.165) is 22.5 Å². The maximum Gasteiger partial charge on any atom is 0.226 e. The van der Waals surface area contributed by atoms with Crippen LogP contribution in [0.25, 0.3) is 0 Å². The van der Waals surface area contributed by atoms with Gasteiger partial charge in [0.05, 0.1) is 6.42 Å². The van der Waals surface area contributed by atoms with Crippen molar-refractivity contribution in [1.82, 2.24) is 4.90 Å². The molecule has 1 aliphatic rings. The van der Waals surface area contributed by atoms with Crippen LogP contribution in [-0.4, -0.2) is 24.4 Å². The molecule has 1 aliphatic carbocycles. The van der Waals surface area contributed by atoms with E-state index in [4.69, 9.17) is 0 Å². The van der Waals surface area contributed by atoms with Crippen molar-refractivity contribution in [3.05, 3.63) is 34.3 Å². The van der Waals surface area contributed by atoms with E-state index in [0.29, 0.717) is 6.42 Å². The predicted octanol–water partition coefficient (Wildman–Crippen LogP) is 2.86. The molecule has 0 aliphatic heterocycles. The molecule has 1 aromatic rings. The smallest absolute Gasteiger partial charge is 0.226 e. The number of carbonyl (C=O) groups is 1. The zero-order valence-electron chi connectivity index (χ0n) is 9.45. The van der Waals surface area contributed by atoms with Gasteiger partial charge in [0.1, 0.15) is 0 Å². The van der Waals surface area contributed by atoms with Gasteiger partial charge in [-0.25, -0.2) is 0 Å². The van der Waals surface area contributed by atoms with E-state index >= 15 is 0 Å². The highest BCUT2D eigenvalue weighted by Gasteiger charge is 2.24. The number of rotatable bonds is 4. The average Bonchev–Trinajstić information content (AvgIpc) is 3.05. The third-order valence-electron chi connectivity index (χ3n) is 2.92. The van der Waals surface area contributed by atoms with E-state index < -0.39 is 0 Å². The second kappa shape index (κ2) is 5.00. The van der Waals surface area contributed by atoms with Crippen LogP contribution >= 0.6 is 15.9 Å². The highest BCUT2D eigenvalue weighted by Crippen LogP contribution is 2.29. The minimum Gasteiger partial charge on any atom is -0.345 e. The van der Waals surface area contributed by atoms with Crippen LogP contribution in [0, 0.1) is 5.92 Å². The molecule has 1 saturated carbocycles. The Balaban J connectivity index is 1.87. The first-order chi connectivity index (χ1) is 7.65. The van der Waals surface area contributed by atoms with Crippen LogP contribution in [0.5, 0.6) is 0 Å². The molecule has 0 N–H and O–H groups in total. The third kappa shape index (κ3) is 3.34. The molecule has 0 spiro atoms. The molecule has 0 bridgehead atoms. The minimum absolute atomic E-state index is 0.217. The number of likely N-dealkylation sites (N-methyl/N-ethyl adjacent to an activating group) is 1. The normalized spacial score (nSPS) is 14.9. The lowest BCUT2D eigenvalue weighted by Crippen LogP contribution is -2.30. The van der Waals surface area contributed by atoms with Gasteiger partial charge in [0.15, 0.2) is 0 Å². The summed E-state index contributed by atoms with van der Waals surface area (Å²) in [5, 5.41) is 0. The number of halogens is 1. The van der Waals surface area contributed by atoms with Gasteiger partial charge in [-0.2, -0.15) is 0 Å². The number of carbonyl (C=O) groups excluding carboxylic acids is 1. The molecular weight excluding hydrogens is 266 g/mol. The molecule has 0 radical (unpaired) electrons. The molecule has 1 aromatic carbocycles. The lowest BCUT2D eigenvalue weighted by atomic mass is 10.1. The summed E-state index contributed by atoms with van der Waals surface area (Å²) in [5.41, 5.74) is 1.08. The second-order valence-electron chi connectivity index (χ2n) is 4.52. The van der Waals surface area contributed by atoms with Gasteiger partial charge in [-0.1, -0.05) is 28.1 Å². The SMILES string of the molecule is CN(CC1CC1)C(=O)Cc1ccc(Br)cc1. The van der Waals surface area contributed by atoms with Crippen molar-refractivity contribution in [3.63, 3.8) is 0 Å². The fourth-order valence-corrected chi connectivity index (χ4v) is 1.97. The van der Waals surface area contributed by atoms with Crippen LogP contribution < -0.4 is 0 Å². The molecule has 1 fully saturated rings. The fraction of sp³-hybridized carbons (Fsp3) is 0.462. The van der Waals surface area contributed by atoms with E-state index in [-0.39, 0.29) is 5.91 Å². The lowest BCUT2D eigenvalue weighted by molar-refractivity contribution is -0.129. The lowest BCUT2D eigenvalue weighted by Gasteiger charge is -2.16. The Morgan fingerprint density at radius 2 is 2.00 bits per heavy atom. The van der Waals surface area contributed by atoms with Gasteiger partial charge in [0.2, 0.25) is 5.91 Å². The standard InChI is InChI=1S/C13H16BrNO/c1-15(9-11-2-3-11)13(16)8-10-4-6-12(14)7-5-10/h4-7,11H,2-3,8-9H2,1H3. The van der Waals surface area contributed by atoms with Gasteiger partial charge in [-0.05, 0) is 36.5 Å². The van der Waals surface area contributed by atoms with Crippen LogP contribution in [0.2, 0.25) is 0 Å². The van der Waals surface area contributed by atoms with E-state index in [1.807, 2.05) is 36.2 Å². The summed E-state index contributed by atoms with van der Waals surface area (Å²) in [6.45, 7) is 0.926. The van der Waals surface area contributed by atoms with Crippen molar-refractivity contribution in [3.8, 4) is 0 Å². The molecule has 3 heteroatoms. The quantitative estimate of drug-likeness (QED) is 0.831. The highest BCUT2D eigenvalue weighted by atomic mass is 79.9. The Morgan fingerprint density at radius 1 is 1.38 bits per heavy atom. The molecule has 0 atom stereocenters. The van der Waals surface area contributed by atoms with Crippen LogP contribution in [0.1, 0.15) is 18.4 Å². The summed E-state index contributed by atoms with van der Waals surface area (Å²) in [6.07, 6.45) is 3.09. The van der Waals surface area contributed by atoms with Crippen molar-refractivity contribution in [2.75, 3.05) is 13.6 Å². The van der Waals surface area contributed by atoms with Gasteiger partial charge in [0.25, 0.3) is 0 Å². The topological polar surface area (TPSA) is 20.3 Å². The van der Waals surface area contributed by atoms with E-state index in [1.54, 1.807) is 0 Å². The highest BCUT2D eigenvalue weighted by molar-refractivity contribution is 9.10. The van der Waals surface area contributed by atoms with E-state index in [9.17, 15) is 4.79 Å². The molecule has 0 heterocycles. The first-order valence-corrected chi connectivity index (χ1v) is 6.43. The molecule has 1 amide bonds. The zero-order valence-corrected chi connectivity index (χ0v) is 11.0. The molecule has 16 heavy (non-hydrogen) atoms. The summed E-state index contributed by atoms with van der Waals surface area (Å²) in [4.78, 5) is 13.7. The van der Waals surface area contributed by atoms with Gasteiger partial charge in [-0.3, -0.25) is 4.79 Å². The molecule has 2 rings (SSSR count). The predicted molar refractivity (Wildman–Crippen MR) is 68.2 cm³/mol. The van der Waals surface area contributed by atoms with Gasteiger partial charge in [0, 0.05) is 18.1 Å². The number of hydrogen-bond donors (Lipinski definition) is 0. The summed E-state index contributed by atoms with van der Waals surface area (Å²) in [6, 6.07) is 7.94. The molecule has 2 nitrogen and oxygen atoms in total. The van der Waals surface area contributed by atoms with E-state index in [2.05, 4.69) is 15.9 Å². The Hall–Kier alpha value is -0.830. The minimum atomic E-state index is 0.217. The second-order valence-corrected chi connectivity index (χ2v) is 5.44. The number of amides is 1. The summed E-state index contributed by atoms with van der Waals surface area (Å²) in [7, 11) is 1.90. The summed E-state index contributed by atoms with van der Waals surface area (Å²) < 4.78 is 1.05. The Bertz CT molecular complexity index is 370. The average molecular weight is 282 g/mol. The Morgan fingerprint density at radius 3 is 2.56 bits per heavy atom. The van der Waals surface area contributed by atoms with Gasteiger partial charge >= 0.3 is 0 Å². The van der Waals surface area contributed by atoms with Gasteiger partial charge in [-0.15, -0.1) is 0 Å². The van der Waals surface area contributed by atoms with Crippen molar-refractivity contribution < 1.29 is 4.79 Å². The van der Waals surface area contributed by atoms with Crippen LogP contribution in [0.15, 0.2) is 28.7 Å². The molecule has 0 aromatic heterocycles. The summed E-state index contributed by atoms with van der Waals surface area (Å²) in [5.74, 6) is 0.980. The van der Waals surface area contributed by atoms with Crippen LogP contribution in [0.4, 0.5) is 0 Å². The monoisotopic (exact) mass is 281 g/mol. The zero-order chi connectivity index (χ0) is 11.5. The van der Waals surface area contributed by atoms with Crippen LogP contribution in [-0.2, 0) is 11.2 Å². The molecule has 0 unspecified atom stereocenters. The third-order valence-corrected chi connectivity index (χ3v) is 3.45. The largest absolute Gasteiger partial charge is 0.345 e. The summed E-state index contributed by atoms with van der Waals surface area (Å²) >= 11 is 3.39. The first-order valence-electron chi connectivity index (χ1n) is 5.63. The van der Waals surface area contributed by atoms with Gasteiger partial charge < -0.3 is 4.90 Å². The van der Waals surface area contributed by atoms with E-state index in [1.165, 1.54) is 12.8 Å². The Kier molecular flexibility index (Phi) is 3.64. The number of hydrogen-bond acceptors (Lipinski definition) is 1. The fourth-order valence-electron chi connectivity index (χ4n) is 1.70. The number of benzene rings is 1. The van der Waals surface area contributed by atoms with Crippen molar-refractivity contribution in [2.24, 2.45) is 5.92 Å². The first kappa shape index (κ1) is 11.6. The molecule has 86 valence electrons. The number of nitrogens with zero attached hydrogens (tertiary/aromatic N) is 1. The Labute approximate surface area is 105 Å². The maximum atomic E-state index is 11.9. The molecular formula is C13H16BrNO.